The molecule has 8 nitrogen and oxygen atoms in total. The van der Waals surface area contributed by atoms with Crippen molar-refractivity contribution < 1.29 is 0 Å². The first-order chi connectivity index (χ1) is 13.7. The Morgan fingerprint density at radius 1 is 1.00 bits per heavy atom. The zero-order valence-electron chi connectivity index (χ0n) is 17.1. The number of nitrogens with zero attached hydrogens (tertiary/aromatic N) is 8. The number of piperazine rings is 1. The average molecular weight is 385 g/mol. The maximum Gasteiger partial charge on any atom is 0.225 e. The van der Waals surface area contributed by atoms with E-state index in [1.807, 2.05) is 18.5 Å². The van der Waals surface area contributed by atoms with Crippen LogP contribution in [-0.2, 0) is 0 Å². The first-order valence-corrected chi connectivity index (χ1v) is 10.8. The number of rotatable bonds is 6. The summed E-state index contributed by atoms with van der Waals surface area (Å²) in [6.45, 7) is 8.40. The number of tetrazole rings is 1. The molecule has 4 rings (SSSR count). The summed E-state index contributed by atoms with van der Waals surface area (Å²) in [6.07, 6.45) is 11.0. The van der Waals surface area contributed by atoms with Crippen LogP contribution in [0.5, 0.6) is 0 Å². The molecule has 1 atom stereocenters. The highest BCUT2D eigenvalue weighted by molar-refractivity contribution is 5.29. The summed E-state index contributed by atoms with van der Waals surface area (Å²) in [6, 6.07) is 2.60. The molecule has 152 valence electrons. The van der Waals surface area contributed by atoms with Gasteiger partial charge in [-0.05, 0) is 41.7 Å². The zero-order chi connectivity index (χ0) is 19.3. The van der Waals surface area contributed by atoms with Crippen molar-refractivity contribution in [1.82, 2.24) is 35.1 Å². The van der Waals surface area contributed by atoms with Crippen LogP contribution >= 0.6 is 0 Å². The smallest absolute Gasteiger partial charge is 0.225 e. The van der Waals surface area contributed by atoms with Gasteiger partial charge in [0.05, 0.1) is 12.1 Å². The van der Waals surface area contributed by atoms with Crippen LogP contribution in [0.25, 0.3) is 0 Å². The molecule has 28 heavy (non-hydrogen) atoms. The van der Waals surface area contributed by atoms with Crippen molar-refractivity contribution in [1.29, 1.82) is 0 Å². The van der Waals surface area contributed by atoms with Crippen molar-refractivity contribution >= 4 is 5.95 Å². The fraction of sp³-hybridized carbons (Fsp3) is 0.750. The minimum Gasteiger partial charge on any atom is -0.338 e. The second-order valence-corrected chi connectivity index (χ2v) is 8.49. The van der Waals surface area contributed by atoms with Gasteiger partial charge in [0.1, 0.15) is 0 Å². The van der Waals surface area contributed by atoms with E-state index in [2.05, 4.69) is 53.8 Å². The lowest BCUT2D eigenvalue weighted by molar-refractivity contribution is 0.147. The fourth-order valence-corrected chi connectivity index (χ4v) is 4.56. The molecule has 0 radical (unpaired) electrons. The van der Waals surface area contributed by atoms with E-state index >= 15 is 0 Å². The predicted octanol–water partition coefficient (Wildman–Crippen LogP) is 2.88. The van der Waals surface area contributed by atoms with Crippen molar-refractivity contribution in [2.45, 2.75) is 64.5 Å². The first kappa shape index (κ1) is 19.2. The Kier molecular flexibility index (Phi) is 6.14. The highest BCUT2D eigenvalue weighted by Crippen LogP contribution is 2.33. The molecule has 1 aliphatic heterocycles. The summed E-state index contributed by atoms with van der Waals surface area (Å²) in [5, 5.41) is 13.0. The Hall–Kier alpha value is -2.09. The van der Waals surface area contributed by atoms with Crippen LogP contribution in [-0.4, -0.2) is 61.3 Å². The Morgan fingerprint density at radius 2 is 1.71 bits per heavy atom. The Bertz CT molecular complexity index is 717. The monoisotopic (exact) mass is 384 g/mol. The Labute approximate surface area is 167 Å². The second kappa shape index (κ2) is 8.94. The highest BCUT2D eigenvalue weighted by Gasteiger charge is 2.32. The van der Waals surface area contributed by atoms with Crippen LogP contribution in [0.4, 0.5) is 5.95 Å². The van der Waals surface area contributed by atoms with Crippen LogP contribution in [0.15, 0.2) is 18.5 Å². The van der Waals surface area contributed by atoms with E-state index in [0.29, 0.717) is 12.0 Å². The molecular formula is C20H32N8. The lowest BCUT2D eigenvalue weighted by Crippen LogP contribution is -2.49. The van der Waals surface area contributed by atoms with Gasteiger partial charge >= 0.3 is 0 Å². The average Bonchev–Trinajstić information content (AvgIpc) is 3.23. The van der Waals surface area contributed by atoms with E-state index in [-0.39, 0.29) is 6.04 Å². The SMILES string of the molecule is CC(C)C[C@H](c1nnnn1C1CCCCC1)N1CCN(c2ncccn2)CC1. The molecular weight excluding hydrogens is 352 g/mol. The Balaban J connectivity index is 1.49. The van der Waals surface area contributed by atoms with Crippen LogP contribution in [0.2, 0.25) is 0 Å². The van der Waals surface area contributed by atoms with E-state index in [1.54, 1.807) is 0 Å². The number of anilines is 1. The van der Waals surface area contributed by atoms with Gasteiger partial charge in [-0.25, -0.2) is 14.6 Å². The number of hydrogen-bond donors (Lipinski definition) is 0. The van der Waals surface area contributed by atoms with Gasteiger partial charge in [0, 0.05) is 38.6 Å². The molecule has 1 saturated heterocycles. The van der Waals surface area contributed by atoms with Gasteiger partial charge in [-0.15, -0.1) is 5.10 Å². The summed E-state index contributed by atoms with van der Waals surface area (Å²) in [5.74, 6) is 2.48. The molecule has 0 bridgehead atoms. The maximum atomic E-state index is 4.52. The molecule has 2 aromatic heterocycles. The van der Waals surface area contributed by atoms with Crippen LogP contribution in [0.1, 0.15) is 70.3 Å². The van der Waals surface area contributed by atoms with Gasteiger partial charge in [-0.2, -0.15) is 0 Å². The second-order valence-electron chi connectivity index (χ2n) is 8.49. The third-order valence-electron chi connectivity index (χ3n) is 6.02. The normalized spacial score (nSPS) is 20.6. The van der Waals surface area contributed by atoms with Crippen LogP contribution in [0.3, 0.4) is 0 Å². The summed E-state index contributed by atoms with van der Waals surface area (Å²) in [4.78, 5) is 13.6. The summed E-state index contributed by atoms with van der Waals surface area (Å²) >= 11 is 0. The van der Waals surface area contributed by atoms with Crippen molar-refractivity contribution in [3.05, 3.63) is 24.3 Å². The van der Waals surface area contributed by atoms with E-state index < -0.39 is 0 Å². The van der Waals surface area contributed by atoms with E-state index in [1.165, 1.54) is 32.1 Å². The first-order valence-electron chi connectivity index (χ1n) is 10.8. The minimum absolute atomic E-state index is 0.274. The quantitative estimate of drug-likeness (QED) is 0.758. The van der Waals surface area contributed by atoms with Gasteiger partial charge in [0.25, 0.3) is 0 Å². The number of hydrogen-bond acceptors (Lipinski definition) is 7. The molecule has 1 aliphatic carbocycles. The molecule has 8 heteroatoms. The molecule has 0 amide bonds. The molecule has 0 aromatic carbocycles. The molecule has 3 heterocycles. The summed E-state index contributed by atoms with van der Waals surface area (Å²) in [7, 11) is 0. The third-order valence-corrected chi connectivity index (χ3v) is 6.02. The van der Waals surface area contributed by atoms with Gasteiger partial charge < -0.3 is 4.90 Å². The molecule has 2 aromatic rings. The fourth-order valence-electron chi connectivity index (χ4n) is 4.56. The number of aromatic nitrogens is 6. The predicted molar refractivity (Wildman–Crippen MR) is 108 cm³/mol. The third kappa shape index (κ3) is 4.32. The summed E-state index contributed by atoms with van der Waals surface area (Å²) in [5.41, 5.74) is 0. The molecule has 2 fully saturated rings. The van der Waals surface area contributed by atoms with Crippen LogP contribution < -0.4 is 4.90 Å². The van der Waals surface area contributed by atoms with Gasteiger partial charge in [0.2, 0.25) is 5.95 Å². The standard InChI is InChI=1S/C20H32N8/c1-16(2)15-18(19-23-24-25-28(19)17-7-4-3-5-8-17)26-11-13-27(14-12-26)20-21-9-6-10-22-20/h6,9-10,16-18H,3-5,7-8,11-15H2,1-2H3/t18-/m1/s1. The van der Waals surface area contributed by atoms with E-state index in [9.17, 15) is 0 Å². The van der Waals surface area contributed by atoms with E-state index in [0.717, 1.165) is 44.4 Å². The van der Waals surface area contributed by atoms with Gasteiger partial charge in [-0.3, -0.25) is 4.90 Å². The van der Waals surface area contributed by atoms with Crippen molar-refractivity contribution in [2.24, 2.45) is 5.92 Å². The molecule has 1 saturated carbocycles. The van der Waals surface area contributed by atoms with Crippen molar-refractivity contribution in [3.8, 4) is 0 Å². The van der Waals surface area contributed by atoms with Gasteiger partial charge in [-0.1, -0.05) is 33.1 Å². The zero-order valence-corrected chi connectivity index (χ0v) is 17.1. The largest absolute Gasteiger partial charge is 0.338 e. The highest BCUT2D eigenvalue weighted by atomic mass is 15.6. The van der Waals surface area contributed by atoms with Crippen molar-refractivity contribution in [3.63, 3.8) is 0 Å². The molecule has 2 aliphatic rings. The molecule has 0 spiro atoms. The van der Waals surface area contributed by atoms with E-state index in [4.69, 9.17) is 0 Å². The molecule has 0 unspecified atom stereocenters. The molecule has 0 N–H and O–H groups in total. The summed E-state index contributed by atoms with van der Waals surface area (Å²) < 4.78 is 2.15. The van der Waals surface area contributed by atoms with Crippen molar-refractivity contribution in [2.75, 3.05) is 31.1 Å². The Morgan fingerprint density at radius 3 is 2.39 bits per heavy atom. The van der Waals surface area contributed by atoms with Crippen LogP contribution in [0, 0.1) is 5.92 Å². The van der Waals surface area contributed by atoms with Gasteiger partial charge in [0.15, 0.2) is 5.82 Å². The maximum absolute atomic E-state index is 4.52. The lowest BCUT2D eigenvalue weighted by Gasteiger charge is -2.39. The topological polar surface area (TPSA) is 75.9 Å². The lowest BCUT2D eigenvalue weighted by atomic mass is 9.94. The minimum atomic E-state index is 0.274.